The van der Waals surface area contributed by atoms with Crippen LogP contribution in [0.2, 0.25) is 0 Å². The van der Waals surface area contributed by atoms with E-state index in [-0.39, 0.29) is 5.56 Å². The Bertz CT molecular complexity index is 538. The van der Waals surface area contributed by atoms with Gasteiger partial charge in [-0.15, -0.1) is 0 Å². The minimum absolute atomic E-state index is 0.127. The third-order valence-corrected chi connectivity index (χ3v) is 2.61. The van der Waals surface area contributed by atoms with Gasteiger partial charge in [0.05, 0.1) is 12.2 Å². The van der Waals surface area contributed by atoms with Crippen LogP contribution < -0.4 is 0 Å². The van der Waals surface area contributed by atoms with Crippen molar-refractivity contribution >= 4 is 0 Å². The van der Waals surface area contributed by atoms with Crippen molar-refractivity contribution in [3.63, 3.8) is 0 Å². The number of hydrogen-bond donors (Lipinski definition) is 1. The van der Waals surface area contributed by atoms with Crippen LogP contribution in [0.25, 0.3) is 11.1 Å². The van der Waals surface area contributed by atoms with Crippen molar-refractivity contribution in [2.45, 2.75) is 12.8 Å². The van der Waals surface area contributed by atoms with Crippen LogP contribution in [0.4, 0.5) is 13.2 Å². The zero-order chi connectivity index (χ0) is 13.2. The Morgan fingerprint density at radius 2 is 1.89 bits per heavy atom. The molecule has 1 aromatic heterocycles. The molecule has 2 rings (SSSR count). The molecule has 1 aromatic carbocycles. The van der Waals surface area contributed by atoms with Gasteiger partial charge in [-0.05, 0) is 23.3 Å². The Labute approximate surface area is 102 Å². The number of hydrogen-bond acceptors (Lipinski definition) is 2. The molecule has 0 spiro atoms. The van der Waals surface area contributed by atoms with E-state index in [4.69, 9.17) is 0 Å². The quantitative estimate of drug-likeness (QED) is 0.891. The lowest BCUT2D eigenvalue weighted by atomic mass is 9.96. The van der Waals surface area contributed by atoms with Gasteiger partial charge >= 0.3 is 6.18 Å². The fourth-order valence-corrected chi connectivity index (χ4v) is 1.82. The van der Waals surface area contributed by atoms with Gasteiger partial charge in [0.25, 0.3) is 0 Å². The number of benzene rings is 1. The summed E-state index contributed by atoms with van der Waals surface area (Å²) in [6.45, 7) is -0.667. The number of rotatable bonds is 2. The Morgan fingerprint density at radius 3 is 2.44 bits per heavy atom. The fourth-order valence-electron chi connectivity index (χ4n) is 1.82. The van der Waals surface area contributed by atoms with Crippen LogP contribution in [0.15, 0.2) is 42.7 Å². The summed E-state index contributed by atoms with van der Waals surface area (Å²) < 4.78 is 38.4. The summed E-state index contributed by atoms with van der Waals surface area (Å²) in [4.78, 5) is 3.87. The van der Waals surface area contributed by atoms with Gasteiger partial charge in [0.1, 0.15) is 0 Å². The third kappa shape index (κ3) is 2.36. The molecule has 0 bridgehead atoms. The van der Waals surface area contributed by atoms with Crippen LogP contribution in [-0.2, 0) is 12.8 Å². The number of aliphatic hydroxyl groups excluding tert-OH is 1. The van der Waals surface area contributed by atoms with E-state index in [2.05, 4.69) is 4.98 Å². The first-order valence-corrected chi connectivity index (χ1v) is 5.24. The maximum Gasteiger partial charge on any atom is 0.416 e. The Morgan fingerprint density at radius 1 is 1.11 bits per heavy atom. The van der Waals surface area contributed by atoms with Gasteiger partial charge in [-0.3, -0.25) is 4.98 Å². The molecule has 94 valence electrons. The first-order chi connectivity index (χ1) is 8.54. The van der Waals surface area contributed by atoms with Crippen LogP contribution in [0.5, 0.6) is 0 Å². The molecule has 0 amide bonds. The molecular formula is C13H10F3NO. The van der Waals surface area contributed by atoms with Crippen molar-refractivity contribution < 1.29 is 18.3 Å². The van der Waals surface area contributed by atoms with Crippen molar-refractivity contribution in [1.82, 2.24) is 4.98 Å². The normalized spacial score (nSPS) is 11.6. The summed E-state index contributed by atoms with van der Waals surface area (Å²) >= 11 is 0. The second kappa shape index (κ2) is 4.78. The SMILES string of the molecule is OCc1c(-c2cccnc2)cccc1C(F)(F)F. The van der Waals surface area contributed by atoms with Crippen LogP contribution in [0.3, 0.4) is 0 Å². The molecule has 0 saturated carbocycles. The average molecular weight is 253 g/mol. The van der Waals surface area contributed by atoms with Crippen LogP contribution >= 0.6 is 0 Å². The molecule has 1 heterocycles. The molecule has 0 aliphatic carbocycles. The second-order valence-electron chi connectivity index (χ2n) is 3.73. The number of nitrogens with zero attached hydrogens (tertiary/aromatic N) is 1. The molecule has 0 aliphatic rings. The van der Waals surface area contributed by atoms with Gasteiger partial charge in [-0.1, -0.05) is 18.2 Å². The number of alkyl halides is 3. The predicted molar refractivity (Wildman–Crippen MR) is 60.6 cm³/mol. The van der Waals surface area contributed by atoms with Gasteiger partial charge in [-0.25, -0.2) is 0 Å². The standard InChI is InChI=1S/C13H10F3NO/c14-13(15,16)12-5-1-4-10(11(12)8-18)9-3-2-6-17-7-9/h1-7,18H,8H2. The average Bonchev–Trinajstić information content (AvgIpc) is 2.37. The Hall–Kier alpha value is -1.88. The molecule has 0 saturated heterocycles. The summed E-state index contributed by atoms with van der Waals surface area (Å²) in [6.07, 6.45) is -1.47. The lowest BCUT2D eigenvalue weighted by Gasteiger charge is -2.15. The summed E-state index contributed by atoms with van der Waals surface area (Å²) in [5.74, 6) is 0. The van der Waals surface area contributed by atoms with Gasteiger partial charge < -0.3 is 5.11 Å². The zero-order valence-corrected chi connectivity index (χ0v) is 9.28. The highest BCUT2D eigenvalue weighted by molar-refractivity contribution is 5.68. The number of pyridine rings is 1. The van der Waals surface area contributed by atoms with Crippen molar-refractivity contribution in [2.75, 3.05) is 0 Å². The van der Waals surface area contributed by atoms with Crippen LogP contribution in [-0.4, -0.2) is 10.1 Å². The summed E-state index contributed by atoms with van der Waals surface area (Å²) in [5.41, 5.74) is -0.0440. The highest BCUT2D eigenvalue weighted by atomic mass is 19.4. The molecule has 2 nitrogen and oxygen atoms in total. The first-order valence-electron chi connectivity index (χ1n) is 5.24. The van der Waals surface area contributed by atoms with E-state index in [1.54, 1.807) is 12.1 Å². The van der Waals surface area contributed by atoms with Crippen molar-refractivity contribution in [3.8, 4) is 11.1 Å². The van der Waals surface area contributed by atoms with E-state index in [1.807, 2.05) is 0 Å². The molecule has 0 unspecified atom stereocenters. The monoisotopic (exact) mass is 253 g/mol. The van der Waals surface area contributed by atoms with E-state index in [0.717, 1.165) is 6.07 Å². The molecular weight excluding hydrogens is 243 g/mol. The van der Waals surface area contributed by atoms with Crippen molar-refractivity contribution in [1.29, 1.82) is 0 Å². The van der Waals surface area contributed by atoms with E-state index < -0.39 is 18.3 Å². The fraction of sp³-hybridized carbons (Fsp3) is 0.154. The number of aromatic nitrogens is 1. The third-order valence-electron chi connectivity index (χ3n) is 2.61. The van der Waals surface area contributed by atoms with Crippen molar-refractivity contribution in [3.05, 3.63) is 53.9 Å². The molecule has 18 heavy (non-hydrogen) atoms. The summed E-state index contributed by atoms with van der Waals surface area (Å²) in [7, 11) is 0. The van der Waals surface area contributed by atoms with Gasteiger partial charge in [0.15, 0.2) is 0 Å². The molecule has 0 radical (unpaired) electrons. The van der Waals surface area contributed by atoms with Crippen LogP contribution in [0, 0.1) is 0 Å². The molecule has 0 fully saturated rings. The predicted octanol–water partition coefficient (Wildman–Crippen LogP) is 3.26. The largest absolute Gasteiger partial charge is 0.416 e. The van der Waals surface area contributed by atoms with E-state index in [1.165, 1.54) is 24.5 Å². The molecule has 5 heteroatoms. The summed E-state index contributed by atoms with van der Waals surface area (Å²) in [5, 5.41) is 9.20. The Kier molecular flexibility index (Phi) is 3.34. The maximum absolute atomic E-state index is 12.8. The maximum atomic E-state index is 12.8. The lowest BCUT2D eigenvalue weighted by molar-refractivity contribution is -0.138. The Balaban J connectivity index is 2.63. The highest BCUT2D eigenvalue weighted by Gasteiger charge is 2.33. The van der Waals surface area contributed by atoms with E-state index in [9.17, 15) is 18.3 Å². The van der Waals surface area contributed by atoms with E-state index >= 15 is 0 Å². The smallest absolute Gasteiger partial charge is 0.392 e. The topological polar surface area (TPSA) is 33.1 Å². The van der Waals surface area contributed by atoms with Gasteiger partial charge in [-0.2, -0.15) is 13.2 Å². The minimum Gasteiger partial charge on any atom is -0.392 e. The van der Waals surface area contributed by atoms with Crippen LogP contribution in [0.1, 0.15) is 11.1 Å². The molecule has 2 aromatic rings. The van der Waals surface area contributed by atoms with Gasteiger partial charge in [0, 0.05) is 18.0 Å². The highest BCUT2D eigenvalue weighted by Crippen LogP contribution is 2.36. The van der Waals surface area contributed by atoms with Gasteiger partial charge in [0.2, 0.25) is 0 Å². The molecule has 0 aliphatic heterocycles. The lowest BCUT2D eigenvalue weighted by Crippen LogP contribution is -2.10. The first kappa shape index (κ1) is 12.6. The molecule has 0 atom stereocenters. The van der Waals surface area contributed by atoms with E-state index in [0.29, 0.717) is 11.1 Å². The molecule has 1 N–H and O–H groups in total. The number of aliphatic hydroxyl groups is 1. The minimum atomic E-state index is -4.48. The second-order valence-corrected chi connectivity index (χ2v) is 3.73. The van der Waals surface area contributed by atoms with Crippen molar-refractivity contribution in [2.24, 2.45) is 0 Å². The summed E-state index contributed by atoms with van der Waals surface area (Å²) in [6, 6.07) is 7.12. The zero-order valence-electron chi connectivity index (χ0n) is 9.28. The number of halogens is 3.